The van der Waals surface area contributed by atoms with E-state index in [0.717, 1.165) is 0 Å². The number of amides is 1. The molecule has 7 heteroatoms. The van der Waals surface area contributed by atoms with Crippen molar-refractivity contribution in [2.75, 3.05) is 24.7 Å². The maximum Gasteiger partial charge on any atom is 0.227 e. The molecule has 0 aromatic heterocycles. The summed E-state index contributed by atoms with van der Waals surface area (Å²) in [6, 6.07) is 7.09. The van der Waals surface area contributed by atoms with Gasteiger partial charge in [-0.05, 0) is 18.9 Å². The molecule has 0 aliphatic carbocycles. The Balaban J connectivity index is 1.97. The highest BCUT2D eigenvalue weighted by Crippen LogP contribution is 2.22. The Morgan fingerprint density at radius 2 is 1.95 bits per heavy atom. The molecule has 0 radical (unpaired) electrons. The first-order valence-electron chi connectivity index (χ1n) is 6.86. The van der Waals surface area contributed by atoms with Crippen LogP contribution in [0.5, 0.6) is 0 Å². The second-order valence-corrected chi connectivity index (χ2v) is 7.22. The molecule has 1 saturated heterocycles. The quantitative estimate of drug-likeness (QED) is 0.860. The van der Waals surface area contributed by atoms with Crippen molar-refractivity contribution in [1.82, 2.24) is 4.31 Å². The van der Waals surface area contributed by atoms with Gasteiger partial charge in [-0.3, -0.25) is 4.79 Å². The van der Waals surface area contributed by atoms with Gasteiger partial charge in [-0.25, -0.2) is 12.7 Å². The van der Waals surface area contributed by atoms with Crippen LogP contribution in [-0.2, 0) is 21.4 Å². The molecule has 2 N–H and O–H groups in total. The first-order chi connectivity index (χ1) is 9.91. The number of sulfonamides is 1. The van der Waals surface area contributed by atoms with Gasteiger partial charge in [-0.15, -0.1) is 0 Å². The maximum atomic E-state index is 12.2. The highest BCUT2D eigenvalue weighted by atomic mass is 32.2. The second-order valence-electron chi connectivity index (χ2n) is 5.24. The number of aliphatic hydroxyl groups is 1. The summed E-state index contributed by atoms with van der Waals surface area (Å²) < 4.78 is 24.3. The first-order valence-corrected chi connectivity index (χ1v) is 8.71. The van der Waals surface area contributed by atoms with Gasteiger partial charge in [0.05, 0.1) is 12.9 Å². The second kappa shape index (κ2) is 6.55. The Bertz CT molecular complexity index is 607. The molecule has 21 heavy (non-hydrogen) atoms. The Morgan fingerprint density at radius 1 is 1.33 bits per heavy atom. The van der Waals surface area contributed by atoms with Gasteiger partial charge in [-0.2, -0.15) is 0 Å². The van der Waals surface area contributed by atoms with Gasteiger partial charge in [0, 0.05) is 30.3 Å². The lowest BCUT2D eigenvalue weighted by molar-refractivity contribution is -0.120. The zero-order valence-electron chi connectivity index (χ0n) is 11.9. The van der Waals surface area contributed by atoms with Gasteiger partial charge in [0.1, 0.15) is 0 Å². The van der Waals surface area contributed by atoms with Crippen molar-refractivity contribution in [3.8, 4) is 0 Å². The Morgan fingerprint density at radius 3 is 2.52 bits per heavy atom. The average molecular weight is 312 g/mol. The van der Waals surface area contributed by atoms with Crippen LogP contribution in [0.3, 0.4) is 0 Å². The van der Waals surface area contributed by atoms with Crippen molar-refractivity contribution in [3.63, 3.8) is 0 Å². The number of benzene rings is 1. The van der Waals surface area contributed by atoms with Crippen molar-refractivity contribution in [3.05, 3.63) is 29.8 Å². The fourth-order valence-electron chi connectivity index (χ4n) is 2.46. The van der Waals surface area contributed by atoms with Crippen molar-refractivity contribution in [1.29, 1.82) is 0 Å². The summed E-state index contributed by atoms with van der Waals surface area (Å²) in [7, 11) is -3.18. The summed E-state index contributed by atoms with van der Waals surface area (Å²) >= 11 is 0. The Kier molecular flexibility index (Phi) is 4.97. The SMILES string of the molecule is CS(=O)(=O)N1CCC(C(=O)Nc2ccccc2CO)CC1. The number of piperidine rings is 1. The molecule has 1 aromatic carbocycles. The first kappa shape index (κ1) is 15.9. The van der Waals surface area contributed by atoms with Crippen molar-refractivity contribution >= 4 is 21.6 Å². The van der Waals surface area contributed by atoms with Gasteiger partial charge < -0.3 is 10.4 Å². The molecule has 1 amide bonds. The molecule has 1 fully saturated rings. The zero-order valence-corrected chi connectivity index (χ0v) is 12.8. The molecule has 0 atom stereocenters. The fraction of sp³-hybridized carbons (Fsp3) is 0.500. The van der Waals surface area contributed by atoms with E-state index in [2.05, 4.69) is 5.32 Å². The molecular formula is C14H20N2O4S. The number of nitrogens with one attached hydrogen (secondary N) is 1. The van der Waals surface area contributed by atoms with E-state index in [0.29, 0.717) is 37.2 Å². The number of rotatable bonds is 4. The third kappa shape index (κ3) is 4.03. The molecule has 0 unspecified atom stereocenters. The predicted octanol–water partition coefficient (Wildman–Crippen LogP) is 0.789. The largest absolute Gasteiger partial charge is 0.392 e. The molecule has 116 valence electrons. The van der Waals surface area contributed by atoms with Crippen LogP contribution < -0.4 is 5.32 Å². The molecule has 1 aliphatic heterocycles. The highest BCUT2D eigenvalue weighted by Gasteiger charge is 2.29. The summed E-state index contributed by atoms with van der Waals surface area (Å²) in [6.45, 7) is 0.611. The lowest BCUT2D eigenvalue weighted by Crippen LogP contribution is -2.40. The Hall–Kier alpha value is -1.44. The minimum absolute atomic E-state index is 0.121. The van der Waals surface area contributed by atoms with Crippen molar-refractivity contribution in [2.45, 2.75) is 19.4 Å². The third-order valence-corrected chi connectivity index (χ3v) is 5.04. The van der Waals surface area contributed by atoms with Crippen molar-refractivity contribution < 1.29 is 18.3 Å². The van der Waals surface area contributed by atoms with Crippen LogP contribution in [-0.4, -0.2) is 43.1 Å². The third-order valence-electron chi connectivity index (χ3n) is 3.74. The topological polar surface area (TPSA) is 86.7 Å². The summed E-state index contributed by atoms with van der Waals surface area (Å²) in [5, 5.41) is 12.1. The van der Waals surface area contributed by atoms with Gasteiger partial charge in [0.15, 0.2) is 0 Å². The van der Waals surface area contributed by atoms with Crippen LogP contribution in [0, 0.1) is 5.92 Å². The fourth-order valence-corrected chi connectivity index (χ4v) is 3.34. The maximum absolute atomic E-state index is 12.2. The van der Waals surface area contributed by atoms with E-state index in [4.69, 9.17) is 0 Å². The standard InChI is InChI=1S/C14H20N2O4S/c1-21(19,20)16-8-6-11(7-9-16)14(18)15-13-5-3-2-4-12(13)10-17/h2-5,11,17H,6-10H2,1H3,(H,15,18). The lowest BCUT2D eigenvalue weighted by Gasteiger charge is -2.29. The number of para-hydroxylation sites is 1. The summed E-state index contributed by atoms with van der Waals surface area (Å²) in [6.07, 6.45) is 2.21. The number of carbonyl (C=O) groups excluding carboxylic acids is 1. The van der Waals surface area contributed by atoms with E-state index in [-0.39, 0.29) is 18.4 Å². The van der Waals surface area contributed by atoms with Gasteiger partial charge >= 0.3 is 0 Å². The van der Waals surface area contributed by atoms with Gasteiger partial charge in [0.25, 0.3) is 0 Å². The van der Waals surface area contributed by atoms with E-state index >= 15 is 0 Å². The van der Waals surface area contributed by atoms with Gasteiger partial charge in [-0.1, -0.05) is 18.2 Å². The van der Waals surface area contributed by atoms with Crippen LogP contribution in [0.4, 0.5) is 5.69 Å². The highest BCUT2D eigenvalue weighted by molar-refractivity contribution is 7.88. The molecule has 2 rings (SSSR count). The number of nitrogens with zero attached hydrogens (tertiary/aromatic N) is 1. The molecule has 1 aliphatic rings. The Labute approximate surface area is 124 Å². The minimum Gasteiger partial charge on any atom is -0.392 e. The summed E-state index contributed by atoms with van der Waals surface area (Å²) in [5.74, 6) is -0.321. The van der Waals surface area contributed by atoms with E-state index in [1.165, 1.54) is 10.6 Å². The number of hydrogen-bond donors (Lipinski definition) is 2. The molecule has 0 spiro atoms. The number of aliphatic hydroxyl groups excluding tert-OH is 1. The average Bonchev–Trinajstić information content (AvgIpc) is 2.47. The molecule has 0 saturated carbocycles. The van der Waals surface area contributed by atoms with E-state index in [1.54, 1.807) is 24.3 Å². The molecule has 1 heterocycles. The van der Waals surface area contributed by atoms with Crippen molar-refractivity contribution in [2.24, 2.45) is 5.92 Å². The minimum atomic E-state index is -3.18. The number of hydrogen-bond acceptors (Lipinski definition) is 4. The monoisotopic (exact) mass is 312 g/mol. The van der Waals surface area contributed by atoms with Crippen LogP contribution >= 0.6 is 0 Å². The van der Waals surface area contributed by atoms with Crippen LogP contribution in [0.15, 0.2) is 24.3 Å². The van der Waals surface area contributed by atoms with E-state index in [9.17, 15) is 18.3 Å². The molecule has 1 aromatic rings. The van der Waals surface area contributed by atoms with Crippen LogP contribution in [0.2, 0.25) is 0 Å². The molecule has 0 bridgehead atoms. The molecular weight excluding hydrogens is 292 g/mol. The zero-order chi connectivity index (χ0) is 15.5. The summed E-state index contributed by atoms with van der Waals surface area (Å²) in [5.41, 5.74) is 1.27. The predicted molar refractivity (Wildman–Crippen MR) is 80.1 cm³/mol. The molecule has 6 nitrogen and oxygen atoms in total. The summed E-state index contributed by atoms with van der Waals surface area (Å²) in [4.78, 5) is 12.2. The lowest BCUT2D eigenvalue weighted by atomic mass is 9.97. The number of carbonyl (C=O) groups is 1. The van der Waals surface area contributed by atoms with Crippen LogP contribution in [0.25, 0.3) is 0 Å². The van der Waals surface area contributed by atoms with E-state index < -0.39 is 10.0 Å². The van der Waals surface area contributed by atoms with Crippen LogP contribution in [0.1, 0.15) is 18.4 Å². The smallest absolute Gasteiger partial charge is 0.227 e. The van der Waals surface area contributed by atoms with E-state index in [1.807, 2.05) is 0 Å². The van der Waals surface area contributed by atoms with Gasteiger partial charge in [0.2, 0.25) is 15.9 Å². The number of anilines is 1. The normalized spacial score (nSPS) is 17.6.